The minimum atomic E-state index is -0.0624. The lowest BCUT2D eigenvalue weighted by molar-refractivity contribution is -0.126. The fourth-order valence-electron chi connectivity index (χ4n) is 6.00. The molecule has 184 valence electrons. The van der Waals surface area contributed by atoms with Gasteiger partial charge in [-0.1, -0.05) is 72.8 Å². The van der Waals surface area contributed by atoms with Crippen molar-refractivity contribution in [3.8, 4) is 11.1 Å². The molecule has 0 spiro atoms. The van der Waals surface area contributed by atoms with Crippen LogP contribution in [0.5, 0.6) is 0 Å². The monoisotopic (exact) mass is 479 g/mol. The number of nitrogens with zero attached hydrogens (tertiary/aromatic N) is 3. The van der Waals surface area contributed by atoms with Crippen LogP contribution in [0.3, 0.4) is 0 Å². The summed E-state index contributed by atoms with van der Waals surface area (Å²) in [5.41, 5.74) is 9.74. The number of amides is 1. The molecule has 1 atom stereocenters. The number of carbonyl (C=O) groups is 1. The third kappa shape index (κ3) is 4.05. The molecule has 0 saturated heterocycles. The van der Waals surface area contributed by atoms with Crippen molar-refractivity contribution >= 4 is 12.2 Å². The van der Waals surface area contributed by atoms with Crippen molar-refractivity contribution in [2.24, 2.45) is 10.9 Å². The molecule has 6 heteroatoms. The average Bonchev–Trinajstić information content (AvgIpc) is 3.22. The highest BCUT2D eigenvalue weighted by molar-refractivity contribution is 5.84. The third-order valence-corrected chi connectivity index (χ3v) is 7.83. The summed E-state index contributed by atoms with van der Waals surface area (Å²) in [6, 6.07) is 17.2. The first kappa shape index (κ1) is 22.8. The molecule has 1 fully saturated rings. The molecule has 4 aliphatic rings. The van der Waals surface area contributed by atoms with Crippen molar-refractivity contribution in [3.63, 3.8) is 0 Å². The summed E-state index contributed by atoms with van der Waals surface area (Å²) in [5, 5.41) is 5.52. The second-order valence-electron chi connectivity index (χ2n) is 10.3. The van der Waals surface area contributed by atoms with E-state index < -0.39 is 0 Å². The normalized spacial score (nSPS) is 24.4. The molecule has 1 aliphatic heterocycles. The highest BCUT2D eigenvalue weighted by Gasteiger charge is 2.34. The van der Waals surface area contributed by atoms with Crippen LogP contribution >= 0.6 is 0 Å². The fraction of sp³-hybridized carbons (Fsp3) is 0.333. The van der Waals surface area contributed by atoms with Gasteiger partial charge in [-0.3, -0.25) is 9.80 Å². The number of nitrogens with one attached hydrogen (secondary N) is 2. The summed E-state index contributed by atoms with van der Waals surface area (Å²) in [7, 11) is 4.06. The summed E-state index contributed by atoms with van der Waals surface area (Å²) in [4.78, 5) is 20.1. The van der Waals surface area contributed by atoms with Gasteiger partial charge >= 0.3 is 0 Å². The topological polar surface area (TPSA) is 60.0 Å². The van der Waals surface area contributed by atoms with E-state index in [2.05, 4.69) is 93.5 Å². The van der Waals surface area contributed by atoms with E-state index >= 15 is 0 Å². The van der Waals surface area contributed by atoms with E-state index in [1.165, 1.54) is 27.8 Å². The highest BCUT2D eigenvalue weighted by atomic mass is 16.1. The zero-order valence-electron chi connectivity index (χ0n) is 20.9. The maximum absolute atomic E-state index is 13.4. The third-order valence-electron chi connectivity index (χ3n) is 7.83. The van der Waals surface area contributed by atoms with Gasteiger partial charge in [-0.15, -0.1) is 0 Å². The Kier molecular flexibility index (Phi) is 5.97. The van der Waals surface area contributed by atoms with Crippen molar-refractivity contribution in [1.82, 2.24) is 20.7 Å². The van der Waals surface area contributed by atoms with Crippen molar-refractivity contribution in [2.75, 3.05) is 14.1 Å². The number of hydrogen-bond donors (Lipinski definition) is 2. The van der Waals surface area contributed by atoms with Gasteiger partial charge in [0.1, 0.15) is 12.2 Å². The summed E-state index contributed by atoms with van der Waals surface area (Å²) in [6.45, 7) is 0. The smallest absolute Gasteiger partial charge is 0.223 e. The minimum absolute atomic E-state index is 0.0475. The second kappa shape index (κ2) is 9.43. The molecule has 1 unspecified atom stereocenters. The van der Waals surface area contributed by atoms with Crippen LogP contribution in [0.4, 0.5) is 0 Å². The van der Waals surface area contributed by atoms with Gasteiger partial charge in [0.2, 0.25) is 5.91 Å². The molecule has 2 N–H and O–H groups in total. The van der Waals surface area contributed by atoms with E-state index in [0.29, 0.717) is 6.04 Å². The van der Waals surface area contributed by atoms with Crippen LogP contribution in [0.25, 0.3) is 11.1 Å². The van der Waals surface area contributed by atoms with Crippen molar-refractivity contribution in [1.29, 1.82) is 0 Å². The van der Waals surface area contributed by atoms with Crippen LogP contribution in [0, 0.1) is 5.92 Å². The van der Waals surface area contributed by atoms with Crippen LogP contribution in [-0.4, -0.2) is 48.3 Å². The number of fused-ring (bicyclic) bond motifs is 4. The summed E-state index contributed by atoms with van der Waals surface area (Å²) < 4.78 is 0. The molecule has 0 aromatic heterocycles. The first-order valence-electron chi connectivity index (χ1n) is 12.9. The lowest BCUT2D eigenvalue weighted by Gasteiger charge is -2.39. The van der Waals surface area contributed by atoms with E-state index in [1.807, 2.05) is 20.4 Å². The number of hydrazine groups is 1. The lowest BCUT2D eigenvalue weighted by atomic mass is 9.85. The maximum atomic E-state index is 13.4. The fourth-order valence-corrected chi connectivity index (χ4v) is 6.00. The predicted octanol–water partition coefficient (Wildman–Crippen LogP) is 4.55. The number of benzene rings is 2. The second-order valence-corrected chi connectivity index (χ2v) is 10.3. The van der Waals surface area contributed by atoms with Crippen LogP contribution in [0.15, 0.2) is 89.2 Å². The van der Waals surface area contributed by atoms with Gasteiger partial charge in [0.05, 0.1) is 12.1 Å². The van der Waals surface area contributed by atoms with Gasteiger partial charge in [-0.25, -0.2) is 10.4 Å². The van der Waals surface area contributed by atoms with Gasteiger partial charge in [0.15, 0.2) is 0 Å². The summed E-state index contributed by atoms with van der Waals surface area (Å²) in [5.74, 6) is 1.21. The molecule has 2 aromatic rings. The minimum Gasteiger partial charge on any atom is -0.362 e. The van der Waals surface area contributed by atoms with Gasteiger partial charge < -0.3 is 10.2 Å². The van der Waals surface area contributed by atoms with Crippen LogP contribution in [-0.2, 0) is 4.79 Å². The molecule has 1 saturated carbocycles. The lowest BCUT2D eigenvalue weighted by Crippen LogP contribution is -2.52. The average molecular weight is 480 g/mol. The van der Waals surface area contributed by atoms with E-state index in [4.69, 9.17) is 4.99 Å². The van der Waals surface area contributed by atoms with Crippen LogP contribution in [0.1, 0.15) is 42.9 Å². The van der Waals surface area contributed by atoms with Crippen LogP contribution < -0.4 is 10.7 Å². The van der Waals surface area contributed by atoms with Gasteiger partial charge in [0, 0.05) is 31.6 Å². The SMILES string of the molecule is CN(C)C1=C2C=CC=CC2N(NC2CCC(C(=O)NC3c4ccccc4-c4ccccc43)CC2)C=N1. The quantitative estimate of drug-likeness (QED) is 0.661. The number of rotatable bonds is 5. The Bertz CT molecular complexity index is 1240. The van der Waals surface area contributed by atoms with E-state index in [-0.39, 0.29) is 23.9 Å². The molecule has 2 aromatic carbocycles. The molecule has 1 amide bonds. The highest BCUT2D eigenvalue weighted by Crippen LogP contribution is 2.43. The zero-order chi connectivity index (χ0) is 24.6. The van der Waals surface area contributed by atoms with Gasteiger partial charge in [0.25, 0.3) is 0 Å². The Balaban J connectivity index is 1.08. The van der Waals surface area contributed by atoms with Gasteiger partial charge in [-0.05, 0) is 47.9 Å². The van der Waals surface area contributed by atoms with Gasteiger partial charge in [-0.2, -0.15) is 0 Å². The van der Waals surface area contributed by atoms with Crippen molar-refractivity contribution in [3.05, 3.63) is 95.4 Å². The first-order valence-corrected chi connectivity index (χ1v) is 12.9. The predicted molar refractivity (Wildman–Crippen MR) is 144 cm³/mol. The standard InChI is InChI=1S/C30H33N5O/c1-34(2)29-26-13-7-8-14-27(26)35(19-31-29)33-21-17-15-20(16-18-21)30(36)32-28-24-11-5-3-9-22(24)23-10-4-6-12-25(23)28/h3-14,19-21,27-28,33H,15-18H2,1-2H3,(H,32,36). The molecule has 6 nitrogen and oxygen atoms in total. The Morgan fingerprint density at radius 1 is 0.944 bits per heavy atom. The zero-order valence-corrected chi connectivity index (χ0v) is 20.9. The van der Waals surface area contributed by atoms with E-state index in [0.717, 1.165) is 31.5 Å². The molecule has 6 rings (SSSR count). The molecule has 1 heterocycles. The number of aliphatic imine (C=N–C) groups is 1. The molecular weight excluding hydrogens is 446 g/mol. The van der Waals surface area contributed by atoms with Crippen molar-refractivity contribution in [2.45, 2.75) is 43.8 Å². The van der Waals surface area contributed by atoms with Crippen LogP contribution in [0.2, 0.25) is 0 Å². The Morgan fingerprint density at radius 3 is 2.28 bits per heavy atom. The largest absolute Gasteiger partial charge is 0.362 e. The van der Waals surface area contributed by atoms with E-state index in [1.54, 1.807) is 0 Å². The molecule has 3 aliphatic carbocycles. The number of allylic oxidation sites excluding steroid dienone is 2. The Labute approximate surface area is 213 Å². The Morgan fingerprint density at radius 2 is 1.61 bits per heavy atom. The molecular formula is C30H33N5O. The maximum Gasteiger partial charge on any atom is 0.223 e. The molecule has 0 bridgehead atoms. The number of hydrogen-bond acceptors (Lipinski definition) is 5. The van der Waals surface area contributed by atoms with E-state index in [9.17, 15) is 4.79 Å². The number of carbonyl (C=O) groups excluding carboxylic acids is 1. The van der Waals surface area contributed by atoms with Crippen molar-refractivity contribution < 1.29 is 4.79 Å². The molecule has 36 heavy (non-hydrogen) atoms. The molecule has 0 radical (unpaired) electrons. The summed E-state index contributed by atoms with van der Waals surface area (Å²) in [6.07, 6.45) is 14.1. The summed E-state index contributed by atoms with van der Waals surface area (Å²) >= 11 is 0. The Hall–Kier alpha value is -3.64. The first-order chi connectivity index (χ1) is 17.6.